The maximum Gasteiger partial charge on any atom is 0.0931 e. The number of rotatable bonds is 4. The maximum absolute atomic E-state index is 5.98. The van der Waals surface area contributed by atoms with Gasteiger partial charge < -0.3 is 5.32 Å². The first-order valence-electron chi connectivity index (χ1n) is 6.54. The Hall–Kier alpha value is -1.36. The first kappa shape index (κ1) is 13.6. The van der Waals surface area contributed by atoms with Gasteiger partial charge in [-0.25, -0.2) is 0 Å². The minimum Gasteiger partial charge on any atom is -0.304 e. The first-order valence-corrected chi connectivity index (χ1v) is 7.74. The Bertz CT molecular complexity index is 732. The van der Waals surface area contributed by atoms with Crippen molar-refractivity contribution in [1.29, 1.82) is 0 Å². The van der Waals surface area contributed by atoms with Crippen LogP contribution in [0.1, 0.15) is 23.5 Å². The van der Waals surface area contributed by atoms with Crippen molar-refractivity contribution < 1.29 is 0 Å². The molecule has 5 heteroatoms. The quantitative estimate of drug-likeness (QED) is 0.785. The zero-order valence-electron chi connectivity index (χ0n) is 11.4. The van der Waals surface area contributed by atoms with Crippen molar-refractivity contribution in [1.82, 2.24) is 15.1 Å². The number of nitrogens with zero attached hydrogens (tertiary/aromatic N) is 2. The molecule has 20 heavy (non-hydrogen) atoms. The van der Waals surface area contributed by atoms with Crippen LogP contribution in [0, 0.1) is 0 Å². The van der Waals surface area contributed by atoms with Crippen molar-refractivity contribution >= 4 is 33.8 Å². The van der Waals surface area contributed by atoms with Gasteiger partial charge in [0.15, 0.2) is 0 Å². The Morgan fingerprint density at radius 3 is 2.85 bits per heavy atom. The summed E-state index contributed by atoms with van der Waals surface area (Å²) in [5.74, 6) is 0. The second-order valence-corrected chi connectivity index (χ2v) is 6.58. The number of hydrogen-bond acceptors (Lipinski definition) is 3. The summed E-state index contributed by atoms with van der Waals surface area (Å²) < 4.78 is 2.76. The van der Waals surface area contributed by atoms with Crippen LogP contribution in [0.25, 0.3) is 10.9 Å². The SMILES string of the molecule is CC(NCc1nn(C)c2ccccc12)c1ccc(Cl)s1. The normalized spacial score (nSPS) is 12.9. The molecule has 0 bridgehead atoms. The monoisotopic (exact) mass is 305 g/mol. The van der Waals surface area contributed by atoms with E-state index in [1.165, 1.54) is 10.3 Å². The fourth-order valence-corrected chi connectivity index (χ4v) is 3.42. The van der Waals surface area contributed by atoms with Crippen molar-refractivity contribution in [2.75, 3.05) is 0 Å². The summed E-state index contributed by atoms with van der Waals surface area (Å²) in [5.41, 5.74) is 2.24. The molecule has 2 aromatic heterocycles. The molecule has 0 saturated heterocycles. The lowest BCUT2D eigenvalue weighted by Gasteiger charge is -2.10. The van der Waals surface area contributed by atoms with Crippen molar-refractivity contribution in [2.45, 2.75) is 19.5 Å². The zero-order valence-corrected chi connectivity index (χ0v) is 13.0. The van der Waals surface area contributed by atoms with Gasteiger partial charge in [-0.15, -0.1) is 11.3 Å². The second kappa shape index (κ2) is 5.56. The highest BCUT2D eigenvalue weighted by Gasteiger charge is 2.11. The van der Waals surface area contributed by atoms with Crippen LogP contribution in [-0.4, -0.2) is 9.78 Å². The summed E-state index contributed by atoms with van der Waals surface area (Å²) in [5, 5.41) is 9.31. The van der Waals surface area contributed by atoms with Crippen molar-refractivity contribution in [3.63, 3.8) is 0 Å². The predicted molar refractivity (Wildman–Crippen MR) is 85.3 cm³/mol. The van der Waals surface area contributed by atoms with Crippen LogP contribution >= 0.6 is 22.9 Å². The van der Waals surface area contributed by atoms with Crippen LogP contribution in [-0.2, 0) is 13.6 Å². The molecule has 1 aromatic carbocycles. The van der Waals surface area contributed by atoms with Crippen molar-refractivity contribution in [3.05, 3.63) is 51.3 Å². The highest BCUT2D eigenvalue weighted by Crippen LogP contribution is 2.27. The molecule has 104 valence electrons. The van der Waals surface area contributed by atoms with E-state index in [4.69, 9.17) is 11.6 Å². The minimum absolute atomic E-state index is 0.272. The number of halogens is 1. The molecule has 1 unspecified atom stereocenters. The Morgan fingerprint density at radius 1 is 1.30 bits per heavy atom. The Balaban J connectivity index is 1.77. The van der Waals surface area contributed by atoms with E-state index in [9.17, 15) is 0 Å². The van der Waals surface area contributed by atoms with E-state index < -0.39 is 0 Å². The molecule has 3 rings (SSSR count). The predicted octanol–water partition coefficient (Wildman–Crippen LogP) is 4.14. The molecule has 1 atom stereocenters. The van der Waals surface area contributed by atoms with Gasteiger partial charge in [0.1, 0.15) is 0 Å². The third-order valence-electron chi connectivity index (χ3n) is 3.43. The van der Waals surface area contributed by atoms with Gasteiger partial charge in [-0.3, -0.25) is 4.68 Å². The van der Waals surface area contributed by atoms with E-state index in [2.05, 4.69) is 41.6 Å². The Labute approximate surface area is 127 Å². The molecule has 2 heterocycles. The van der Waals surface area contributed by atoms with Crippen LogP contribution < -0.4 is 5.32 Å². The van der Waals surface area contributed by atoms with Crippen LogP contribution in [0.2, 0.25) is 4.34 Å². The molecule has 0 amide bonds. The van der Waals surface area contributed by atoms with Gasteiger partial charge in [-0.1, -0.05) is 29.8 Å². The molecular weight excluding hydrogens is 290 g/mol. The van der Waals surface area contributed by atoms with Gasteiger partial charge in [0, 0.05) is 29.9 Å². The Morgan fingerprint density at radius 2 is 2.10 bits per heavy atom. The van der Waals surface area contributed by atoms with E-state index in [1.807, 2.05) is 23.9 Å². The molecule has 0 fully saturated rings. The van der Waals surface area contributed by atoms with E-state index in [0.717, 1.165) is 22.1 Å². The first-order chi connectivity index (χ1) is 9.65. The molecule has 1 N–H and O–H groups in total. The number of fused-ring (bicyclic) bond motifs is 1. The standard InChI is InChI=1S/C15H16ClN3S/c1-10(14-7-8-15(16)20-14)17-9-12-11-5-3-4-6-13(11)19(2)18-12/h3-8,10,17H,9H2,1-2H3. The van der Waals surface area contributed by atoms with Gasteiger partial charge in [-0.2, -0.15) is 5.10 Å². The molecule has 3 nitrogen and oxygen atoms in total. The van der Waals surface area contributed by atoms with Crippen LogP contribution in [0.4, 0.5) is 0 Å². The van der Waals surface area contributed by atoms with Gasteiger partial charge in [0.25, 0.3) is 0 Å². The number of thiophene rings is 1. The molecule has 3 aromatic rings. The highest BCUT2D eigenvalue weighted by molar-refractivity contribution is 7.16. The summed E-state index contributed by atoms with van der Waals surface area (Å²) in [6, 6.07) is 12.6. The molecule has 0 aliphatic rings. The third kappa shape index (κ3) is 2.59. The lowest BCUT2D eigenvalue weighted by Crippen LogP contribution is -2.17. The summed E-state index contributed by atoms with van der Waals surface area (Å²) in [6.45, 7) is 2.89. The molecule has 0 aliphatic heterocycles. The number of benzene rings is 1. The van der Waals surface area contributed by atoms with Crippen LogP contribution in [0.3, 0.4) is 0 Å². The van der Waals surface area contributed by atoms with Gasteiger partial charge in [0.2, 0.25) is 0 Å². The van der Waals surface area contributed by atoms with Gasteiger partial charge in [0.05, 0.1) is 15.5 Å². The van der Waals surface area contributed by atoms with E-state index >= 15 is 0 Å². The van der Waals surface area contributed by atoms with E-state index in [1.54, 1.807) is 11.3 Å². The highest BCUT2D eigenvalue weighted by atomic mass is 35.5. The fourth-order valence-electron chi connectivity index (χ4n) is 2.33. The average Bonchev–Trinajstić information content (AvgIpc) is 3.01. The Kier molecular flexibility index (Phi) is 3.78. The lowest BCUT2D eigenvalue weighted by molar-refractivity contribution is 0.571. The van der Waals surface area contributed by atoms with E-state index in [-0.39, 0.29) is 6.04 Å². The second-order valence-electron chi connectivity index (χ2n) is 4.83. The van der Waals surface area contributed by atoms with Gasteiger partial charge in [-0.05, 0) is 25.1 Å². The molecular formula is C15H16ClN3S. The number of aromatic nitrogens is 2. The van der Waals surface area contributed by atoms with Crippen LogP contribution in [0.5, 0.6) is 0 Å². The summed E-state index contributed by atoms with van der Waals surface area (Å²) in [6.07, 6.45) is 0. The van der Waals surface area contributed by atoms with Crippen LogP contribution in [0.15, 0.2) is 36.4 Å². The van der Waals surface area contributed by atoms with E-state index in [0.29, 0.717) is 0 Å². The summed E-state index contributed by atoms with van der Waals surface area (Å²) >= 11 is 7.60. The topological polar surface area (TPSA) is 29.9 Å². The van der Waals surface area contributed by atoms with Crippen molar-refractivity contribution in [2.24, 2.45) is 7.05 Å². The molecule has 0 radical (unpaired) electrons. The number of aryl methyl sites for hydroxylation is 1. The lowest BCUT2D eigenvalue weighted by atomic mass is 10.2. The van der Waals surface area contributed by atoms with Gasteiger partial charge >= 0.3 is 0 Å². The van der Waals surface area contributed by atoms with Crippen molar-refractivity contribution in [3.8, 4) is 0 Å². The molecule has 0 aliphatic carbocycles. The number of hydrogen-bond donors (Lipinski definition) is 1. The summed E-state index contributed by atoms with van der Waals surface area (Å²) in [4.78, 5) is 1.25. The molecule has 0 spiro atoms. The fraction of sp³-hybridized carbons (Fsp3) is 0.267. The largest absolute Gasteiger partial charge is 0.304 e. The average molecular weight is 306 g/mol. The number of nitrogens with one attached hydrogen (secondary N) is 1. The third-order valence-corrected chi connectivity index (χ3v) is 4.84. The molecule has 0 saturated carbocycles. The smallest absolute Gasteiger partial charge is 0.0931 e. The maximum atomic E-state index is 5.98. The number of para-hydroxylation sites is 1. The zero-order chi connectivity index (χ0) is 14.1. The minimum atomic E-state index is 0.272. The summed E-state index contributed by atoms with van der Waals surface area (Å²) in [7, 11) is 1.98.